The standard InChI is InChI=1S/C11H10N2O7/c1-19-10(15)6-2-7(4-8(3-6)13(17)18)11(16)20-5-9(12)14/h2-4H,5H2,1H3,(H2,12,14). The van der Waals surface area contributed by atoms with Crippen molar-refractivity contribution in [1.29, 1.82) is 0 Å². The molecule has 20 heavy (non-hydrogen) atoms. The number of primary amides is 1. The van der Waals surface area contributed by atoms with E-state index in [2.05, 4.69) is 9.47 Å². The maximum absolute atomic E-state index is 11.6. The third-order valence-electron chi connectivity index (χ3n) is 2.13. The van der Waals surface area contributed by atoms with Crippen LogP contribution in [0.1, 0.15) is 20.7 Å². The molecule has 0 fully saturated rings. The minimum absolute atomic E-state index is 0.187. The van der Waals surface area contributed by atoms with Gasteiger partial charge in [-0.25, -0.2) is 9.59 Å². The summed E-state index contributed by atoms with van der Waals surface area (Å²) in [6, 6.07) is 2.93. The molecule has 106 valence electrons. The van der Waals surface area contributed by atoms with E-state index >= 15 is 0 Å². The van der Waals surface area contributed by atoms with Gasteiger partial charge in [0, 0.05) is 12.1 Å². The molecule has 0 aliphatic rings. The number of rotatable bonds is 5. The Morgan fingerprint density at radius 1 is 1.20 bits per heavy atom. The van der Waals surface area contributed by atoms with Crippen molar-refractivity contribution >= 4 is 23.5 Å². The van der Waals surface area contributed by atoms with Gasteiger partial charge >= 0.3 is 11.9 Å². The average molecular weight is 282 g/mol. The molecule has 0 bridgehead atoms. The molecule has 0 unspecified atom stereocenters. The van der Waals surface area contributed by atoms with Gasteiger partial charge in [0.1, 0.15) is 0 Å². The van der Waals surface area contributed by atoms with Crippen molar-refractivity contribution in [2.75, 3.05) is 13.7 Å². The first kappa shape index (κ1) is 15.1. The summed E-state index contributed by atoms with van der Waals surface area (Å²) >= 11 is 0. The van der Waals surface area contributed by atoms with E-state index in [1.165, 1.54) is 0 Å². The van der Waals surface area contributed by atoms with Crippen molar-refractivity contribution in [2.24, 2.45) is 5.73 Å². The van der Waals surface area contributed by atoms with Crippen LogP contribution in [0.15, 0.2) is 18.2 Å². The molecule has 0 heterocycles. The lowest BCUT2D eigenvalue weighted by Gasteiger charge is -2.05. The van der Waals surface area contributed by atoms with Crippen LogP contribution < -0.4 is 5.73 Å². The van der Waals surface area contributed by atoms with Gasteiger partial charge in [-0.05, 0) is 6.07 Å². The van der Waals surface area contributed by atoms with Crippen molar-refractivity contribution in [3.8, 4) is 0 Å². The van der Waals surface area contributed by atoms with E-state index < -0.39 is 35.1 Å². The maximum Gasteiger partial charge on any atom is 0.338 e. The molecular weight excluding hydrogens is 272 g/mol. The first-order chi connectivity index (χ1) is 9.35. The van der Waals surface area contributed by atoms with Gasteiger partial charge in [-0.3, -0.25) is 14.9 Å². The van der Waals surface area contributed by atoms with Crippen LogP contribution in [-0.4, -0.2) is 36.5 Å². The van der Waals surface area contributed by atoms with Crippen molar-refractivity contribution < 1.29 is 28.8 Å². The molecule has 1 rings (SSSR count). The molecule has 0 atom stereocenters. The highest BCUT2D eigenvalue weighted by Gasteiger charge is 2.19. The Balaban J connectivity index is 3.14. The maximum atomic E-state index is 11.6. The number of carbonyl (C=O) groups is 3. The Hall–Kier alpha value is -2.97. The fraction of sp³-hybridized carbons (Fsp3) is 0.182. The first-order valence-corrected chi connectivity index (χ1v) is 5.18. The van der Waals surface area contributed by atoms with Crippen LogP contribution in [0.25, 0.3) is 0 Å². The van der Waals surface area contributed by atoms with E-state index in [-0.39, 0.29) is 11.1 Å². The molecule has 9 heteroatoms. The summed E-state index contributed by atoms with van der Waals surface area (Å²) in [5.74, 6) is -2.74. The largest absolute Gasteiger partial charge is 0.465 e. The predicted molar refractivity (Wildman–Crippen MR) is 63.9 cm³/mol. The number of amides is 1. The number of carbonyl (C=O) groups excluding carboxylic acids is 3. The van der Waals surface area contributed by atoms with Crippen LogP contribution in [0.5, 0.6) is 0 Å². The summed E-state index contributed by atoms with van der Waals surface area (Å²) in [5.41, 5.74) is 3.86. The van der Waals surface area contributed by atoms with Crippen LogP contribution in [0.4, 0.5) is 5.69 Å². The molecule has 1 aromatic carbocycles. The molecule has 0 saturated heterocycles. The lowest BCUT2D eigenvalue weighted by Crippen LogP contribution is -2.21. The quantitative estimate of drug-likeness (QED) is 0.456. The van der Waals surface area contributed by atoms with Crippen molar-refractivity contribution in [3.05, 3.63) is 39.4 Å². The zero-order chi connectivity index (χ0) is 15.3. The van der Waals surface area contributed by atoms with Gasteiger partial charge in [0.25, 0.3) is 11.6 Å². The average Bonchev–Trinajstić information content (AvgIpc) is 2.43. The van der Waals surface area contributed by atoms with E-state index in [1.54, 1.807) is 0 Å². The van der Waals surface area contributed by atoms with Gasteiger partial charge in [-0.1, -0.05) is 0 Å². The van der Waals surface area contributed by atoms with E-state index in [0.717, 1.165) is 25.3 Å². The Labute approximate surface area is 112 Å². The molecule has 0 aliphatic heterocycles. The van der Waals surface area contributed by atoms with Gasteiger partial charge < -0.3 is 15.2 Å². The molecule has 2 N–H and O–H groups in total. The highest BCUT2D eigenvalue weighted by molar-refractivity contribution is 5.97. The van der Waals surface area contributed by atoms with Crippen LogP contribution >= 0.6 is 0 Å². The Morgan fingerprint density at radius 3 is 2.20 bits per heavy atom. The van der Waals surface area contributed by atoms with E-state index in [4.69, 9.17) is 5.73 Å². The summed E-state index contributed by atoms with van der Waals surface area (Å²) < 4.78 is 8.92. The summed E-state index contributed by atoms with van der Waals surface area (Å²) in [5, 5.41) is 10.7. The normalized spacial score (nSPS) is 9.65. The highest BCUT2D eigenvalue weighted by atomic mass is 16.6. The number of benzene rings is 1. The van der Waals surface area contributed by atoms with Crippen molar-refractivity contribution in [3.63, 3.8) is 0 Å². The molecule has 0 aliphatic carbocycles. The molecule has 0 saturated carbocycles. The summed E-state index contributed by atoms with van der Waals surface area (Å²) in [7, 11) is 1.09. The molecule has 9 nitrogen and oxygen atoms in total. The Kier molecular flexibility index (Phi) is 4.73. The number of nitro groups is 1. The number of nitro benzene ring substituents is 1. The molecule has 0 radical (unpaired) electrons. The number of hydrogen-bond acceptors (Lipinski definition) is 7. The summed E-state index contributed by atoms with van der Waals surface area (Å²) in [6.45, 7) is -0.672. The van der Waals surface area contributed by atoms with Gasteiger partial charge in [0.2, 0.25) is 0 Å². The smallest absolute Gasteiger partial charge is 0.338 e. The lowest BCUT2D eigenvalue weighted by molar-refractivity contribution is -0.384. The molecular formula is C11H10N2O7. The minimum Gasteiger partial charge on any atom is -0.465 e. The molecule has 1 aromatic rings. The second-order valence-electron chi connectivity index (χ2n) is 3.56. The number of nitrogens with two attached hydrogens (primary N) is 1. The van der Waals surface area contributed by atoms with Gasteiger partial charge in [-0.15, -0.1) is 0 Å². The van der Waals surface area contributed by atoms with E-state index in [1.807, 2.05) is 0 Å². The highest BCUT2D eigenvalue weighted by Crippen LogP contribution is 2.18. The van der Waals surface area contributed by atoms with Gasteiger partial charge in [0.05, 0.1) is 23.2 Å². The topological polar surface area (TPSA) is 139 Å². The summed E-state index contributed by atoms with van der Waals surface area (Å²) in [4.78, 5) is 43.4. The van der Waals surface area contributed by atoms with E-state index in [9.17, 15) is 24.5 Å². The van der Waals surface area contributed by atoms with Crippen LogP contribution in [0.3, 0.4) is 0 Å². The number of ether oxygens (including phenoxy) is 2. The Bertz CT molecular complexity index is 582. The second-order valence-corrected chi connectivity index (χ2v) is 3.56. The number of hydrogen-bond donors (Lipinski definition) is 1. The zero-order valence-electron chi connectivity index (χ0n) is 10.3. The molecule has 0 spiro atoms. The summed E-state index contributed by atoms with van der Waals surface area (Å²) in [6.07, 6.45) is 0. The van der Waals surface area contributed by atoms with Crippen LogP contribution in [0, 0.1) is 10.1 Å². The Morgan fingerprint density at radius 2 is 1.75 bits per heavy atom. The lowest BCUT2D eigenvalue weighted by atomic mass is 10.1. The first-order valence-electron chi connectivity index (χ1n) is 5.18. The number of non-ortho nitro benzene ring substituents is 1. The minimum atomic E-state index is -1.02. The predicted octanol–water partition coefficient (Wildman–Crippen LogP) is 0.0235. The fourth-order valence-corrected chi connectivity index (χ4v) is 1.29. The molecule has 0 aromatic heterocycles. The van der Waals surface area contributed by atoms with E-state index in [0.29, 0.717) is 0 Å². The second kappa shape index (κ2) is 6.27. The number of methoxy groups -OCH3 is 1. The fourth-order valence-electron chi connectivity index (χ4n) is 1.29. The number of esters is 2. The third kappa shape index (κ3) is 3.77. The SMILES string of the molecule is COC(=O)c1cc(C(=O)OCC(N)=O)cc([N+](=O)[O-])c1. The van der Waals surface area contributed by atoms with Crippen LogP contribution in [-0.2, 0) is 14.3 Å². The third-order valence-corrected chi connectivity index (χ3v) is 2.13. The van der Waals surface area contributed by atoms with Crippen molar-refractivity contribution in [1.82, 2.24) is 0 Å². The van der Waals surface area contributed by atoms with Gasteiger partial charge in [0.15, 0.2) is 6.61 Å². The zero-order valence-corrected chi connectivity index (χ0v) is 10.3. The van der Waals surface area contributed by atoms with Crippen molar-refractivity contribution in [2.45, 2.75) is 0 Å². The van der Waals surface area contributed by atoms with Crippen LogP contribution in [0.2, 0.25) is 0 Å². The number of nitrogens with zero attached hydrogens (tertiary/aromatic N) is 1. The monoisotopic (exact) mass is 282 g/mol. The van der Waals surface area contributed by atoms with Gasteiger partial charge in [-0.2, -0.15) is 0 Å². The molecule has 1 amide bonds.